The molecule has 1 aromatic rings. The van der Waals surface area contributed by atoms with Crippen LogP contribution < -0.4 is 0 Å². The highest BCUT2D eigenvalue weighted by Gasteiger charge is 2.04. The quantitative estimate of drug-likeness (QED) is 0.585. The number of rotatable bonds is 1. The zero-order valence-electron chi connectivity index (χ0n) is 7.22. The fraction of sp³-hybridized carbons (Fsp3) is 0.333. The van der Waals surface area contributed by atoms with E-state index in [1.807, 2.05) is 12.1 Å². The Balaban J connectivity index is 2.24. The fourth-order valence-electron chi connectivity index (χ4n) is 1.68. The maximum absolute atomic E-state index is 3.27. The van der Waals surface area contributed by atoms with Crippen molar-refractivity contribution in [1.82, 2.24) is 0 Å². The molecule has 1 aliphatic carbocycles. The number of hydrogen-bond donors (Lipinski definition) is 0. The van der Waals surface area contributed by atoms with Gasteiger partial charge in [0.05, 0.1) is 0 Å². The van der Waals surface area contributed by atoms with E-state index in [1.54, 1.807) is 0 Å². The molecule has 1 aromatic carbocycles. The SMILES string of the molecule is [c]1ccccc1C1=CCCCC1. The molecule has 0 unspecified atom stereocenters. The monoisotopic (exact) mass is 157 g/mol. The van der Waals surface area contributed by atoms with E-state index >= 15 is 0 Å². The smallest absolute Gasteiger partial charge is 0.0103 e. The Hall–Kier alpha value is -1.04. The van der Waals surface area contributed by atoms with Gasteiger partial charge in [-0.15, -0.1) is 0 Å². The molecule has 12 heavy (non-hydrogen) atoms. The Bertz CT molecular complexity index is 269. The van der Waals surface area contributed by atoms with Gasteiger partial charge in [0.25, 0.3) is 0 Å². The van der Waals surface area contributed by atoms with Crippen molar-refractivity contribution in [2.45, 2.75) is 25.7 Å². The highest BCUT2D eigenvalue weighted by atomic mass is 14.1. The Kier molecular flexibility index (Phi) is 2.26. The molecule has 2 rings (SSSR count). The summed E-state index contributed by atoms with van der Waals surface area (Å²) >= 11 is 0. The van der Waals surface area contributed by atoms with Crippen molar-refractivity contribution in [1.29, 1.82) is 0 Å². The van der Waals surface area contributed by atoms with E-state index in [2.05, 4.69) is 24.3 Å². The second-order valence-corrected chi connectivity index (χ2v) is 3.25. The molecule has 1 aliphatic rings. The molecule has 0 heteroatoms. The summed E-state index contributed by atoms with van der Waals surface area (Å²) in [5, 5.41) is 0. The predicted molar refractivity (Wildman–Crippen MR) is 51.7 cm³/mol. The van der Waals surface area contributed by atoms with Crippen LogP contribution in [0, 0.1) is 6.07 Å². The first-order chi connectivity index (χ1) is 5.97. The van der Waals surface area contributed by atoms with Crippen molar-refractivity contribution in [3.8, 4) is 0 Å². The molecule has 0 saturated carbocycles. The lowest BCUT2D eigenvalue weighted by molar-refractivity contribution is 0.742. The Morgan fingerprint density at radius 3 is 2.83 bits per heavy atom. The van der Waals surface area contributed by atoms with Crippen molar-refractivity contribution in [3.63, 3.8) is 0 Å². The number of hydrogen-bond acceptors (Lipinski definition) is 0. The largest absolute Gasteiger partial charge is 0.0807 e. The van der Waals surface area contributed by atoms with Gasteiger partial charge < -0.3 is 0 Å². The average molecular weight is 157 g/mol. The van der Waals surface area contributed by atoms with Crippen LogP contribution in [0.3, 0.4) is 0 Å². The highest BCUT2D eigenvalue weighted by molar-refractivity contribution is 5.65. The van der Waals surface area contributed by atoms with Gasteiger partial charge in [-0.1, -0.05) is 30.3 Å². The van der Waals surface area contributed by atoms with Gasteiger partial charge in [0, 0.05) is 0 Å². The standard InChI is InChI=1S/C12H13/c1-3-7-11(8-4-1)12-9-5-2-6-10-12/h1,3-4,7,9H,2,5-6,10H2. The number of benzene rings is 1. The second-order valence-electron chi connectivity index (χ2n) is 3.25. The topological polar surface area (TPSA) is 0 Å². The van der Waals surface area contributed by atoms with Crippen LogP contribution in [0.1, 0.15) is 31.2 Å². The highest BCUT2D eigenvalue weighted by Crippen LogP contribution is 2.25. The maximum atomic E-state index is 3.27. The molecule has 0 nitrogen and oxygen atoms in total. The van der Waals surface area contributed by atoms with Crippen LogP contribution in [0.15, 0.2) is 30.3 Å². The van der Waals surface area contributed by atoms with Crippen LogP contribution in [0.2, 0.25) is 0 Å². The van der Waals surface area contributed by atoms with E-state index < -0.39 is 0 Å². The summed E-state index contributed by atoms with van der Waals surface area (Å²) in [5.74, 6) is 0. The molecule has 0 amide bonds. The van der Waals surface area contributed by atoms with Gasteiger partial charge in [-0.25, -0.2) is 0 Å². The van der Waals surface area contributed by atoms with Gasteiger partial charge in [0.15, 0.2) is 0 Å². The minimum absolute atomic E-state index is 1.24. The number of allylic oxidation sites excluding steroid dienone is 2. The predicted octanol–water partition coefficient (Wildman–Crippen LogP) is 3.44. The molecular formula is C12H13. The van der Waals surface area contributed by atoms with Crippen molar-refractivity contribution < 1.29 is 0 Å². The molecule has 61 valence electrons. The zero-order valence-corrected chi connectivity index (χ0v) is 7.22. The molecule has 0 spiro atoms. The van der Waals surface area contributed by atoms with Crippen LogP contribution in [-0.2, 0) is 0 Å². The Morgan fingerprint density at radius 1 is 1.17 bits per heavy atom. The van der Waals surface area contributed by atoms with E-state index in [4.69, 9.17) is 0 Å². The third-order valence-electron chi connectivity index (χ3n) is 2.35. The molecule has 0 aliphatic heterocycles. The molecule has 0 bridgehead atoms. The van der Waals surface area contributed by atoms with E-state index in [0.717, 1.165) is 0 Å². The zero-order chi connectivity index (χ0) is 8.23. The third kappa shape index (κ3) is 1.58. The van der Waals surface area contributed by atoms with Gasteiger partial charge >= 0.3 is 0 Å². The fourth-order valence-corrected chi connectivity index (χ4v) is 1.68. The maximum Gasteiger partial charge on any atom is -0.0103 e. The normalized spacial score (nSPS) is 17.2. The van der Waals surface area contributed by atoms with Crippen molar-refractivity contribution in [2.75, 3.05) is 0 Å². The summed E-state index contributed by atoms with van der Waals surface area (Å²) in [4.78, 5) is 0. The van der Waals surface area contributed by atoms with Crippen LogP contribution in [0.25, 0.3) is 5.57 Å². The van der Waals surface area contributed by atoms with Crippen molar-refractivity contribution in [3.05, 3.63) is 42.0 Å². The Morgan fingerprint density at radius 2 is 2.17 bits per heavy atom. The van der Waals surface area contributed by atoms with Gasteiger partial charge in [0.1, 0.15) is 0 Å². The van der Waals surface area contributed by atoms with Crippen LogP contribution in [0.4, 0.5) is 0 Å². The minimum Gasteiger partial charge on any atom is -0.0807 e. The first-order valence-electron chi connectivity index (χ1n) is 4.63. The summed E-state index contributed by atoms with van der Waals surface area (Å²) in [7, 11) is 0. The summed E-state index contributed by atoms with van der Waals surface area (Å²) in [6, 6.07) is 11.5. The first-order valence-corrected chi connectivity index (χ1v) is 4.63. The summed E-state index contributed by atoms with van der Waals surface area (Å²) in [6.07, 6.45) is 7.54. The molecule has 0 N–H and O–H groups in total. The molecule has 0 aromatic heterocycles. The van der Waals surface area contributed by atoms with Gasteiger partial charge in [-0.3, -0.25) is 0 Å². The summed E-state index contributed by atoms with van der Waals surface area (Å²) in [6.45, 7) is 0. The summed E-state index contributed by atoms with van der Waals surface area (Å²) in [5.41, 5.74) is 2.78. The van der Waals surface area contributed by atoms with Crippen molar-refractivity contribution in [2.24, 2.45) is 0 Å². The molecular weight excluding hydrogens is 144 g/mol. The Labute approximate surface area is 73.9 Å². The van der Waals surface area contributed by atoms with Gasteiger partial charge in [-0.05, 0) is 42.9 Å². The van der Waals surface area contributed by atoms with Gasteiger partial charge in [0.2, 0.25) is 0 Å². The molecule has 0 heterocycles. The van der Waals surface area contributed by atoms with Gasteiger partial charge in [-0.2, -0.15) is 0 Å². The van der Waals surface area contributed by atoms with E-state index in [0.29, 0.717) is 0 Å². The van der Waals surface area contributed by atoms with E-state index in [1.165, 1.54) is 36.8 Å². The van der Waals surface area contributed by atoms with Crippen LogP contribution in [-0.4, -0.2) is 0 Å². The lowest BCUT2D eigenvalue weighted by Crippen LogP contribution is -1.90. The average Bonchev–Trinajstić information content (AvgIpc) is 2.21. The molecule has 1 radical (unpaired) electrons. The van der Waals surface area contributed by atoms with Crippen LogP contribution in [0.5, 0.6) is 0 Å². The lowest BCUT2D eigenvalue weighted by Gasteiger charge is -2.11. The van der Waals surface area contributed by atoms with Crippen molar-refractivity contribution >= 4 is 5.57 Å². The minimum atomic E-state index is 1.24. The van der Waals surface area contributed by atoms with E-state index in [-0.39, 0.29) is 0 Å². The molecule has 0 atom stereocenters. The lowest BCUT2D eigenvalue weighted by atomic mass is 9.94. The van der Waals surface area contributed by atoms with E-state index in [9.17, 15) is 0 Å². The third-order valence-corrected chi connectivity index (χ3v) is 2.35. The summed E-state index contributed by atoms with van der Waals surface area (Å²) < 4.78 is 0. The second kappa shape index (κ2) is 3.57. The molecule has 0 saturated heterocycles. The van der Waals surface area contributed by atoms with Crippen LogP contribution >= 0.6 is 0 Å². The first kappa shape index (κ1) is 7.60. The molecule has 0 fully saturated rings.